The Morgan fingerprint density at radius 1 is 1.14 bits per heavy atom. The first kappa shape index (κ1) is 20.3. The highest BCUT2D eigenvalue weighted by molar-refractivity contribution is 6.16. The number of carbonyl (C=O) groups excluding carboxylic acids is 2. The van der Waals surface area contributed by atoms with Gasteiger partial charge in [0.15, 0.2) is 11.5 Å². The van der Waals surface area contributed by atoms with E-state index in [-0.39, 0.29) is 17.1 Å². The zero-order valence-electron chi connectivity index (χ0n) is 16.9. The second-order valence-electron chi connectivity index (χ2n) is 6.42. The summed E-state index contributed by atoms with van der Waals surface area (Å²) in [5.74, 6) is 0.936. The molecule has 2 aromatic rings. The highest BCUT2D eigenvalue weighted by Crippen LogP contribution is 2.32. The Balaban J connectivity index is 1.87. The molecule has 0 radical (unpaired) electrons. The van der Waals surface area contributed by atoms with Crippen LogP contribution < -0.4 is 9.47 Å². The minimum absolute atomic E-state index is 0.251. The van der Waals surface area contributed by atoms with Crippen LogP contribution in [-0.4, -0.2) is 44.7 Å². The van der Waals surface area contributed by atoms with Crippen molar-refractivity contribution in [2.75, 3.05) is 27.9 Å². The fourth-order valence-electron chi connectivity index (χ4n) is 3.29. The summed E-state index contributed by atoms with van der Waals surface area (Å²) >= 11 is 0. The zero-order valence-corrected chi connectivity index (χ0v) is 16.9. The lowest BCUT2D eigenvalue weighted by Gasteiger charge is -2.18. The predicted octanol–water partition coefficient (Wildman–Crippen LogP) is 3.21. The molecule has 0 fully saturated rings. The van der Waals surface area contributed by atoms with Crippen LogP contribution in [0.15, 0.2) is 57.9 Å². The van der Waals surface area contributed by atoms with Crippen molar-refractivity contribution in [1.29, 1.82) is 0 Å². The lowest BCUT2D eigenvalue weighted by molar-refractivity contribution is -0.136. The molecule has 29 heavy (non-hydrogen) atoms. The second-order valence-corrected chi connectivity index (χ2v) is 6.42. The molecule has 1 amide bonds. The molecule has 1 aliphatic heterocycles. The molecule has 0 bridgehead atoms. The van der Waals surface area contributed by atoms with Crippen molar-refractivity contribution in [3.05, 3.63) is 64.8 Å². The van der Waals surface area contributed by atoms with Crippen molar-refractivity contribution in [3.63, 3.8) is 0 Å². The first-order chi connectivity index (χ1) is 14.0. The molecule has 1 aromatic heterocycles. The molecule has 0 saturated heterocycles. The Hall–Kier alpha value is -3.48. The topological polar surface area (TPSA) is 78.2 Å². The SMILES string of the molecule is COC(=O)C1=C(C)N(CCc2ccc(OC)c(OC)c2)C(=O)C1=Cc1ccco1. The van der Waals surface area contributed by atoms with E-state index in [1.807, 2.05) is 18.2 Å². The molecule has 0 aliphatic carbocycles. The number of rotatable bonds is 7. The predicted molar refractivity (Wildman–Crippen MR) is 106 cm³/mol. The monoisotopic (exact) mass is 397 g/mol. The average molecular weight is 397 g/mol. The van der Waals surface area contributed by atoms with Crippen molar-refractivity contribution < 1.29 is 28.2 Å². The number of furan rings is 1. The summed E-state index contributed by atoms with van der Waals surface area (Å²) in [6.45, 7) is 2.14. The van der Waals surface area contributed by atoms with E-state index >= 15 is 0 Å². The van der Waals surface area contributed by atoms with Gasteiger partial charge in [0, 0.05) is 12.2 Å². The van der Waals surface area contributed by atoms with Crippen LogP contribution in [0.4, 0.5) is 0 Å². The maximum atomic E-state index is 13.0. The number of methoxy groups -OCH3 is 3. The molecule has 7 nitrogen and oxygen atoms in total. The molecule has 3 rings (SSSR count). The molecule has 1 aliphatic rings. The minimum atomic E-state index is -0.553. The van der Waals surface area contributed by atoms with E-state index < -0.39 is 5.97 Å². The van der Waals surface area contributed by atoms with Crippen molar-refractivity contribution in [1.82, 2.24) is 4.90 Å². The molecule has 0 N–H and O–H groups in total. The number of amides is 1. The number of esters is 1. The molecule has 0 atom stereocenters. The van der Waals surface area contributed by atoms with Gasteiger partial charge in [-0.1, -0.05) is 6.07 Å². The van der Waals surface area contributed by atoms with Gasteiger partial charge in [-0.25, -0.2) is 4.79 Å². The maximum absolute atomic E-state index is 13.0. The first-order valence-electron chi connectivity index (χ1n) is 9.07. The number of ether oxygens (including phenoxy) is 3. The third kappa shape index (κ3) is 4.03. The van der Waals surface area contributed by atoms with E-state index in [0.29, 0.717) is 35.9 Å². The largest absolute Gasteiger partial charge is 0.493 e. The van der Waals surface area contributed by atoms with Gasteiger partial charge in [0.2, 0.25) is 0 Å². The summed E-state index contributed by atoms with van der Waals surface area (Å²) in [5.41, 5.74) is 2.05. The highest BCUT2D eigenvalue weighted by atomic mass is 16.5. The maximum Gasteiger partial charge on any atom is 0.340 e. The normalized spacial score (nSPS) is 15.2. The molecule has 2 heterocycles. The van der Waals surface area contributed by atoms with Crippen LogP contribution in [0.3, 0.4) is 0 Å². The van der Waals surface area contributed by atoms with Crippen molar-refractivity contribution in [2.45, 2.75) is 13.3 Å². The number of allylic oxidation sites excluding steroid dienone is 1. The fraction of sp³-hybridized carbons (Fsp3) is 0.273. The molecule has 0 unspecified atom stereocenters. The minimum Gasteiger partial charge on any atom is -0.493 e. The third-order valence-electron chi connectivity index (χ3n) is 4.80. The fourth-order valence-corrected chi connectivity index (χ4v) is 3.29. The van der Waals surface area contributed by atoms with Crippen LogP contribution in [0.25, 0.3) is 6.08 Å². The number of carbonyl (C=O) groups is 2. The Bertz CT molecular complexity index is 971. The van der Waals surface area contributed by atoms with E-state index in [2.05, 4.69) is 0 Å². The Labute approximate surface area is 169 Å². The summed E-state index contributed by atoms with van der Waals surface area (Å²) in [4.78, 5) is 26.9. The van der Waals surface area contributed by atoms with Gasteiger partial charge in [-0.15, -0.1) is 0 Å². The second kappa shape index (κ2) is 8.68. The summed E-state index contributed by atoms with van der Waals surface area (Å²) in [6, 6.07) is 9.05. The average Bonchev–Trinajstić information content (AvgIpc) is 3.33. The summed E-state index contributed by atoms with van der Waals surface area (Å²) in [6.07, 6.45) is 3.65. The number of hydrogen-bond acceptors (Lipinski definition) is 6. The van der Waals surface area contributed by atoms with Crippen molar-refractivity contribution >= 4 is 18.0 Å². The first-order valence-corrected chi connectivity index (χ1v) is 9.07. The van der Waals surface area contributed by atoms with Gasteiger partial charge >= 0.3 is 5.97 Å². The van der Waals surface area contributed by atoms with Gasteiger partial charge in [0.25, 0.3) is 5.91 Å². The Morgan fingerprint density at radius 3 is 2.52 bits per heavy atom. The molecule has 0 spiro atoms. The van der Waals surface area contributed by atoms with Crippen LogP contribution in [0.1, 0.15) is 18.2 Å². The number of hydrogen-bond donors (Lipinski definition) is 0. The highest BCUT2D eigenvalue weighted by Gasteiger charge is 2.37. The summed E-state index contributed by atoms with van der Waals surface area (Å²) in [5, 5.41) is 0. The lowest BCUT2D eigenvalue weighted by Crippen LogP contribution is -2.27. The van der Waals surface area contributed by atoms with Gasteiger partial charge < -0.3 is 23.5 Å². The summed E-state index contributed by atoms with van der Waals surface area (Å²) < 4.78 is 20.8. The van der Waals surface area contributed by atoms with E-state index in [4.69, 9.17) is 18.6 Å². The lowest BCUT2D eigenvalue weighted by atomic mass is 10.1. The van der Waals surface area contributed by atoms with Crippen LogP contribution in [0, 0.1) is 0 Å². The number of nitrogens with zero attached hydrogens (tertiary/aromatic N) is 1. The smallest absolute Gasteiger partial charge is 0.340 e. The van der Waals surface area contributed by atoms with E-state index in [9.17, 15) is 9.59 Å². The molecule has 152 valence electrons. The Kier molecular flexibility index (Phi) is 6.07. The standard InChI is InChI=1S/C22H23NO6/c1-14-20(22(25)28-4)17(13-16-6-5-11-29-16)21(24)23(14)10-9-15-7-8-18(26-2)19(12-15)27-3/h5-8,11-13H,9-10H2,1-4H3. The molecule has 0 saturated carbocycles. The van der Waals surface area contributed by atoms with Gasteiger partial charge in [-0.3, -0.25) is 4.79 Å². The van der Waals surface area contributed by atoms with Gasteiger partial charge in [0.1, 0.15) is 5.76 Å². The molecular weight excluding hydrogens is 374 g/mol. The van der Waals surface area contributed by atoms with Crippen molar-refractivity contribution in [3.8, 4) is 11.5 Å². The van der Waals surface area contributed by atoms with Crippen LogP contribution in [0.5, 0.6) is 11.5 Å². The van der Waals surface area contributed by atoms with Gasteiger partial charge in [-0.2, -0.15) is 0 Å². The van der Waals surface area contributed by atoms with Gasteiger partial charge in [0.05, 0.1) is 38.7 Å². The van der Waals surface area contributed by atoms with Crippen LogP contribution in [-0.2, 0) is 20.7 Å². The zero-order chi connectivity index (χ0) is 21.0. The van der Waals surface area contributed by atoms with E-state index in [1.165, 1.54) is 13.4 Å². The third-order valence-corrected chi connectivity index (χ3v) is 4.80. The van der Waals surface area contributed by atoms with Crippen LogP contribution in [0.2, 0.25) is 0 Å². The quantitative estimate of drug-likeness (QED) is 0.527. The van der Waals surface area contributed by atoms with E-state index in [0.717, 1.165) is 5.56 Å². The Morgan fingerprint density at radius 2 is 1.90 bits per heavy atom. The van der Waals surface area contributed by atoms with E-state index in [1.54, 1.807) is 44.3 Å². The number of benzene rings is 1. The van der Waals surface area contributed by atoms with Crippen LogP contribution >= 0.6 is 0 Å². The summed E-state index contributed by atoms with van der Waals surface area (Å²) in [7, 11) is 4.45. The molecular formula is C22H23NO6. The molecule has 1 aromatic carbocycles. The van der Waals surface area contributed by atoms with Crippen molar-refractivity contribution in [2.24, 2.45) is 0 Å². The van der Waals surface area contributed by atoms with Gasteiger partial charge in [-0.05, 0) is 49.2 Å². The molecule has 7 heteroatoms.